The minimum Gasteiger partial charge on any atom is -0.166 e. The number of alkyl halides is 3. The van der Waals surface area contributed by atoms with Gasteiger partial charge in [0.2, 0.25) is 0 Å². The molecule has 0 saturated heterocycles. The Kier molecular flexibility index (Phi) is 4.24. The average Bonchev–Trinajstić information content (AvgIpc) is 2.32. The van der Waals surface area contributed by atoms with Crippen molar-refractivity contribution in [3.05, 3.63) is 56.5 Å². The molecule has 0 atom stereocenters. The van der Waals surface area contributed by atoms with E-state index >= 15 is 0 Å². The second-order valence-electron chi connectivity index (χ2n) is 4.33. The quantitative estimate of drug-likeness (QED) is 0.511. The van der Waals surface area contributed by atoms with Gasteiger partial charge in [-0.25, -0.2) is 0 Å². The fraction of sp³-hybridized carbons (Fsp3) is 0.143. The second-order valence-corrected chi connectivity index (χ2v) is 5.55. The minimum atomic E-state index is -4.41. The van der Waals surface area contributed by atoms with Gasteiger partial charge in [-0.05, 0) is 42.3 Å². The fourth-order valence-electron chi connectivity index (χ4n) is 1.85. The monoisotopic (exact) mass is 338 g/mol. The maximum atomic E-state index is 12.8. The van der Waals surface area contributed by atoms with Gasteiger partial charge in [0, 0.05) is 10.6 Å². The zero-order chi connectivity index (χ0) is 15.1. The first-order valence-electron chi connectivity index (χ1n) is 5.52. The molecule has 0 aliphatic carbocycles. The first kappa shape index (κ1) is 15.5. The van der Waals surface area contributed by atoms with E-state index in [1.54, 1.807) is 13.0 Å². The lowest BCUT2D eigenvalue weighted by Gasteiger charge is -2.12. The van der Waals surface area contributed by atoms with Gasteiger partial charge in [-0.2, -0.15) is 13.2 Å². The summed E-state index contributed by atoms with van der Waals surface area (Å²) in [5.74, 6) is 0. The zero-order valence-electron chi connectivity index (χ0n) is 10.2. The van der Waals surface area contributed by atoms with Crippen LogP contribution in [-0.2, 0) is 6.18 Å². The lowest BCUT2D eigenvalue weighted by molar-refractivity contribution is -0.137. The fourth-order valence-corrected chi connectivity index (χ4v) is 2.50. The third kappa shape index (κ3) is 3.22. The standard InChI is InChI=1S/C14H8Cl3F3/c1-7-2-8(4-9(3-7)14(18,19)20)10-5-12(16)13(17)6-11(10)15/h2-6H,1H3. The molecule has 2 aromatic carbocycles. The topological polar surface area (TPSA) is 0 Å². The molecular formula is C14H8Cl3F3. The van der Waals surface area contributed by atoms with Crippen molar-refractivity contribution in [2.24, 2.45) is 0 Å². The first-order chi connectivity index (χ1) is 9.18. The highest BCUT2D eigenvalue weighted by Crippen LogP contribution is 2.38. The summed E-state index contributed by atoms with van der Waals surface area (Å²) in [7, 11) is 0. The van der Waals surface area contributed by atoms with Gasteiger partial charge in [0.1, 0.15) is 0 Å². The van der Waals surface area contributed by atoms with Gasteiger partial charge < -0.3 is 0 Å². The van der Waals surface area contributed by atoms with Gasteiger partial charge >= 0.3 is 6.18 Å². The van der Waals surface area contributed by atoms with E-state index in [9.17, 15) is 13.2 Å². The van der Waals surface area contributed by atoms with E-state index in [-0.39, 0.29) is 15.1 Å². The number of rotatable bonds is 1. The Hall–Kier alpha value is -0.900. The summed E-state index contributed by atoms with van der Waals surface area (Å²) in [6, 6.07) is 6.60. The highest BCUT2D eigenvalue weighted by atomic mass is 35.5. The Bertz CT molecular complexity index is 663. The van der Waals surface area contributed by atoms with Gasteiger partial charge in [-0.1, -0.05) is 40.9 Å². The molecule has 0 bridgehead atoms. The molecule has 0 fully saturated rings. The molecule has 0 unspecified atom stereocenters. The molecule has 0 amide bonds. The van der Waals surface area contributed by atoms with Gasteiger partial charge in [0.25, 0.3) is 0 Å². The number of halogens is 6. The molecule has 0 nitrogen and oxygen atoms in total. The molecule has 20 heavy (non-hydrogen) atoms. The molecule has 0 aliphatic heterocycles. The van der Waals surface area contributed by atoms with Crippen molar-refractivity contribution in [3.63, 3.8) is 0 Å². The second kappa shape index (κ2) is 5.47. The van der Waals surface area contributed by atoms with Crippen LogP contribution >= 0.6 is 34.8 Å². The third-order valence-electron chi connectivity index (χ3n) is 2.73. The number of benzene rings is 2. The van der Waals surface area contributed by atoms with E-state index < -0.39 is 11.7 Å². The van der Waals surface area contributed by atoms with Crippen molar-refractivity contribution in [2.75, 3.05) is 0 Å². The summed E-state index contributed by atoms with van der Waals surface area (Å²) in [5.41, 5.74) is 0.516. The Morgan fingerprint density at radius 2 is 1.40 bits per heavy atom. The van der Waals surface area contributed by atoms with E-state index in [0.717, 1.165) is 12.1 Å². The normalized spacial score (nSPS) is 11.8. The largest absolute Gasteiger partial charge is 0.416 e. The lowest BCUT2D eigenvalue weighted by Crippen LogP contribution is -2.05. The van der Waals surface area contributed by atoms with E-state index in [1.807, 2.05) is 0 Å². The van der Waals surface area contributed by atoms with Crippen LogP contribution in [0.5, 0.6) is 0 Å². The molecule has 0 radical (unpaired) electrons. The number of hydrogen-bond donors (Lipinski definition) is 0. The highest BCUT2D eigenvalue weighted by Gasteiger charge is 2.31. The smallest absolute Gasteiger partial charge is 0.166 e. The minimum absolute atomic E-state index is 0.237. The van der Waals surface area contributed by atoms with E-state index in [2.05, 4.69) is 0 Å². The summed E-state index contributed by atoms with van der Waals surface area (Å²) in [6.45, 7) is 1.59. The predicted octanol–water partition coefficient (Wildman–Crippen LogP) is 6.64. The summed E-state index contributed by atoms with van der Waals surface area (Å²) >= 11 is 17.7. The molecule has 2 rings (SSSR count). The molecule has 0 aromatic heterocycles. The Labute approximate surface area is 129 Å². The van der Waals surface area contributed by atoms with Crippen molar-refractivity contribution in [3.8, 4) is 11.1 Å². The Morgan fingerprint density at radius 1 is 0.800 bits per heavy atom. The molecule has 0 saturated carbocycles. The molecule has 0 aliphatic rings. The molecular weight excluding hydrogens is 332 g/mol. The third-order valence-corrected chi connectivity index (χ3v) is 3.76. The van der Waals surface area contributed by atoms with Crippen LogP contribution in [0, 0.1) is 6.92 Å². The van der Waals surface area contributed by atoms with Crippen molar-refractivity contribution in [1.29, 1.82) is 0 Å². The number of aryl methyl sites for hydroxylation is 1. The lowest BCUT2D eigenvalue weighted by atomic mass is 10.00. The van der Waals surface area contributed by atoms with E-state index in [1.165, 1.54) is 12.1 Å². The van der Waals surface area contributed by atoms with Crippen LogP contribution in [0.4, 0.5) is 13.2 Å². The molecule has 0 N–H and O–H groups in total. The molecule has 0 spiro atoms. The van der Waals surface area contributed by atoms with Crippen LogP contribution in [-0.4, -0.2) is 0 Å². The predicted molar refractivity (Wildman–Crippen MR) is 76.6 cm³/mol. The Morgan fingerprint density at radius 3 is 2.00 bits per heavy atom. The molecule has 2 aromatic rings. The van der Waals surface area contributed by atoms with E-state index in [0.29, 0.717) is 16.7 Å². The SMILES string of the molecule is Cc1cc(-c2cc(Cl)c(Cl)cc2Cl)cc(C(F)(F)F)c1. The van der Waals surface area contributed by atoms with Gasteiger partial charge in [-0.3, -0.25) is 0 Å². The van der Waals surface area contributed by atoms with Crippen LogP contribution in [0.1, 0.15) is 11.1 Å². The average molecular weight is 340 g/mol. The molecule has 106 valence electrons. The van der Waals surface area contributed by atoms with Crippen LogP contribution < -0.4 is 0 Å². The van der Waals surface area contributed by atoms with Crippen molar-refractivity contribution < 1.29 is 13.2 Å². The van der Waals surface area contributed by atoms with Crippen molar-refractivity contribution in [2.45, 2.75) is 13.1 Å². The zero-order valence-corrected chi connectivity index (χ0v) is 12.4. The van der Waals surface area contributed by atoms with Crippen molar-refractivity contribution in [1.82, 2.24) is 0 Å². The van der Waals surface area contributed by atoms with Crippen LogP contribution in [0.3, 0.4) is 0 Å². The first-order valence-corrected chi connectivity index (χ1v) is 6.65. The van der Waals surface area contributed by atoms with Gasteiger partial charge in [-0.15, -0.1) is 0 Å². The summed E-state index contributed by atoms with van der Waals surface area (Å²) in [4.78, 5) is 0. The molecule has 6 heteroatoms. The summed E-state index contributed by atoms with van der Waals surface area (Å²) in [6.07, 6.45) is -4.41. The Balaban J connectivity index is 2.64. The highest BCUT2D eigenvalue weighted by molar-refractivity contribution is 6.44. The molecule has 0 heterocycles. The van der Waals surface area contributed by atoms with Gasteiger partial charge in [0.15, 0.2) is 0 Å². The van der Waals surface area contributed by atoms with Crippen LogP contribution in [0.15, 0.2) is 30.3 Å². The number of hydrogen-bond acceptors (Lipinski definition) is 0. The van der Waals surface area contributed by atoms with Crippen LogP contribution in [0.25, 0.3) is 11.1 Å². The summed E-state index contributed by atoms with van der Waals surface area (Å²) < 4.78 is 38.5. The van der Waals surface area contributed by atoms with E-state index in [4.69, 9.17) is 34.8 Å². The maximum absolute atomic E-state index is 12.8. The van der Waals surface area contributed by atoms with Crippen LogP contribution in [0.2, 0.25) is 15.1 Å². The maximum Gasteiger partial charge on any atom is 0.416 e. The van der Waals surface area contributed by atoms with Crippen molar-refractivity contribution >= 4 is 34.8 Å². The summed E-state index contributed by atoms with van der Waals surface area (Å²) in [5, 5.41) is 0.739. The van der Waals surface area contributed by atoms with Gasteiger partial charge in [0.05, 0.1) is 15.6 Å².